The van der Waals surface area contributed by atoms with Gasteiger partial charge in [-0.05, 0) is 41.1 Å². The van der Waals surface area contributed by atoms with Gasteiger partial charge >= 0.3 is 0 Å². The Balaban J connectivity index is 1.96. The molecule has 12 heavy (non-hydrogen) atoms. The maximum atomic E-state index is 4.35. The number of halogens is 1. The highest BCUT2D eigenvalue weighted by atomic mass is 79.9. The van der Waals surface area contributed by atoms with Gasteiger partial charge in [-0.15, -0.1) is 0 Å². The van der Waals surface area contributed by atoms with Crippen molar-refractivity contribution in [2.45, 2.75) is 24.7 Å². The van der Waals surface area contributed by atoms with E-state index in [1.54, 1.807) is 0 Å². The van der Waals surface area contributed by atoms with Gasteiger partial charge in [0.25, 0.3) is 0 Å². The SMILES string of the molecule is Brc1cnc(C23CC(C2)C3)nc1. The van der Waals surface area contributed by atoms with Crippen molar-refractivity contribution in [2.75, 3.05) is 0 Å². The van der Waals surface area contributed by atoms with Crippen molar-refractivity contribution < 1.29 is 0 Å². The fourth-order valence-corrected chi connectivity index (χ4v) is 2.54. The van der Waals surface area contributed by atoms with E-state index in [1.165, 1.54) is 19.3 Å². The van der Waals surface area contributed by atoms with E-state index in [0.29, 0.717) is 5.41 Å². The van der Waals surface area contributed by atoms with Crippen LogP contribution in [-0.4, -0.2) is 9.97 Å². The summed E-state index contributed by atoms with van der Waals surface area (Å²) in [6.07, 6.45) is 7.68. The number of hydrogen-bond acceptors (Lipinski definition) is 2. The molecule has 0 aliphatic heterocycles. The molecular weight excluding hydrogens is 216 g/mol. The van der Waals surface area contributed by atoms with Crippen LogP contribution in [0.3, 0.4) is 0 Å². The second-order valence-electron chi connectivity index (χ2n) is 3.98. The summed E-state index contributed by atoms with van der Waals surface area (Å²) in [6.45, 7) is 0. The molecule has 3 aliphatic rings. The van der Waals surface area contributed by atoms with Crippen LogP contribution in [0, 0.1) is 5.92 Å². The summed E-state index contributed by atoms with van der Waals surface area (Å²) in [5.41, 5.74) is 0.408. The van der Waals surface area contributed by atoms with Gasteiger partial charge in [0.1, 0.15) is 5.82 Å². The molecule has 3 fully saturated rings. The molecule has 1 aromatic heterocycles. The molecule has 4 rings (SSSR count). The maximum Gasteiger partial charge on any atom is 0.134 e. The topological polar surface area (TPSA) is 25.8 Å². The molecule has 3 aliphatic carbocycles. The van der Waals surface area contributed by atoms with E-state index in [2.05, 4.69) is 25.9 Å². The van der Waals surface area contributed by atoms with Crippen molar-refractivity contribution in [1.82, 2.24) is 9.97 Å². The largest absolute Gasteiger partial charge is 0.240 e. The average molecular weight is 225 g/mol. The van der Waals surface area contributed by atoms with Crippen LogP contribution in [0.2, 0.25) is 0 Å². The summed E-state index contributed by atoms with van der Waals surface area (Å²) < 4.78 is 0.970. The lowest BCUT2D eigenvalue weighted by Gasteiger charge is -2.60. The summed E-state index contributed by atoms with van der Waals surface area (Å²) in [5.74, 6) is 2.06. The molecule has 2 nitrogen and oxygen atoms in total. The maximum absolute atomic E-state index is 4.35. The minimum atomic E-state index is 0.408. The molecule has 0 spiro atoms. The highest BCUT2D eigenvalue weighted by Gasteiger charge is 2.59. The fraction of sp³-hybridized carbons (Fsp3) is 0.556. The predicted molar refractivity (Wildman–Crippen MR) is 48.8 cm³/mol. The highest BCUT2D eigenvalue weighted by Crippen LogP contribution is 2.64. The lowest BCUT2D eigenvalue weighted by molar-refractivity contribution is -0.0346. The van der Waals surface area contributed by atoms with Gasteiger partial charge in [-0.2, -0.15) is 0 Å². The zero-order valence-corrected chi connectivity index (χ0v) is 8.21. The number of nitrogens with zero attached hydrogens (tertiary/aromatic N) is 2. The zero-order chi connectivity index (χ0) is 8.18. The van der Waals surface area contributed by atoms with Crippen LogP contribution in [0.25, 0.3) is 0 Å². The molecule has 3 saturated carbocycles. The average Bonchev–Trinajstić information content (AvgIpc) is 1.87. The molecule has 0 atom stereocenters. The minimum absolute atomic E-state index is 0.408. The summed E-state index contributed by atoms with van der Waals surface area (Å²) in [4.78, 5) is 8.70. The van der Waals surface area contributed by atoms with Gasteiger partial charge in [0, 0.05) is 17.8 Å². The first-order valence-electron chi connectivity index (χ1n) is 4.27. The van der Waals surface area contributed by atoms with E-state index in [1.807, 2.05) is 12.4 Å². The van der Waals surface area contributed by atoms with Gasteiger partial charge in [0.05, 0.1) is 4.47 Å². The Morgan fingerprint density at radius 2 is 1.83 bits per heavy atom. The predicted octanol–water partition coefficient (Wildman–Crippen LogP) is 2.29. The first-order valence-corrected chi connectivity index (χ1v) is 5.06. The monoisotopic (exact) mass is 224 g/mol. The van der Waals surface area contributed by atoms with Crippen LogP contribution < -0.4 is 0 Å². The second kappa shape index (κ2) is 2.08. The number of aromatic nitrogens is 2. The van der Waals surface area contributed by atoms with Crippen molar-refractivity contribution in [3.05, 3.63) is 22.7 Å². The first kappa shape index (κ1) is 7.01. The van der Waals surface area contributed by atoms with Crippen LogP contribution in [-0.2, 0) is 5.41 Å². The van der Waals surface area contributed by atoms with Gasteiger partial charge in [0.2, 0.25) is 0 Å². The Bertz CT molecular complexity index is 303. The first-order chi connectivity index (χ1) is 5.78. The molecule has 62 valence electrons. The van der Waals surface area contributed by atoms with E-state index in [9.17, 15) is 0 Å². The van der Waals surface area contributed by atoms with Crippen LogP contribution in [0.15, 0.2) is 16.9 Å². The summed E-state index contributed by atoms with van der Waals surface area (Å²) >= 11 is 3.34. The third kappa shape index (κ3) is 0.750. The third-order valence-electron chi connectivity index (χ3n) is 3.13. The molecule has 0 unspecified atom stereocenters. The molecule has 3 heteroatoms. The number of hydrogen-bond donors (Lipinski definition) is 0. The minimum Gasteiger partial charge on any atom is -0.240 e. The molecule has 0 aromatic carbocycles. The summed E-state index contributed by atoms with van der Waals surface area (Å²) in [6, 6.07) is 0. The van der Waals surface area contributed by atoms with Crippen molar-refractivity contribution in [3.63, 3.8) is 0 Å². The summed E-state index contributed by atoms with van der Waals surface area (Å²) in [5, 5.41) is 0. The lowest BCUT2D eigenvalue weighted by Crippen LogP contribution is -2.56. The molecule has 2 bridgehead atoms. The molecular formula is C9H9BrN2. The van der Waals surface area contributed by atoms with Gasteiger partial charge in [-0.25, -0.2) is 9.97 Å². The van der Waals surface area contributed by atoms with Crippen molar-refractivity contribution in [1.29, 1.82) is 0 Å². The number of rotatable bonds is 1. The van der Waals surface area contributed by atoms with Crippen LogP contribution in [0.4, 0.5) is 0 Å². The standard InChI is InChI=1S/C9H9BrN2/c10-7-4-11-8(12-5-7)9-1-6(2-9)3-9/h4-6H,1-3H2. The van der Waals surface area contributed by atoms with E-state index in [0.717, 1.165) is 16.2 Å². The normalized spacial score (nSPS) is 36.9. The molecule has 1 heterocycles. The van der Waals surface area contributed by atoms with Crippen molar-refractivity contribution in [3.8, 4) is 0 Å². The van der Waals surface area contributed by atoms with Crippen LogP contribution >= 0.6 is 15.9 Å². The van der Waals surface area contributed by atoms with E-state index >= 15 is 0 Å². The smallest absolute Gasteiger partial charge is 0.134 e. The van der Waals surface area contributed by atoms with Crippen molar-refractivity contribution in [2.24, 2.45) is 5.92 Å². The Hall–Kier alpha value is -0.440. The van der Waals surface area contributed by atoms with Crippen LogP contribution in [0.1, 0.15) is 25.1 Å². The molecule has 0 saturated heterocycles. The quantitative estimate of drug-likeness (QED) is 0.732. The van der Waals surface area contributed by atoms with Gasteiger partial charge in [-0.1, -0.05) is 0 Å². The second-order valence-corrected chi connectivity index (χ2v) is 4.90. The third-order valence-corrected chi connectivity index (χ3v) is 3.54. The highest BCUT2D eigenvalue weighted by molar-refractivity contribution is 9.10. The Labute approximate surface area is 79.6 Å². The summed E-state index contributed by atoms with van der Waals surface area (Å²) in [7, 11) is 0. The van der Waals surface area contributed by atoms with Gasteiger partial charge in [-0.3, -0.25) is 0 Å². The van der Waals surface area contributed by atoms with Gasteiger partial charge in [0.15, 0.2) is 0 Å². The molecule has 0 N–H and O–H groups in total. The molecule has 0 amide bonds. The van der Waals surface area contributed by atoms with Crippen LogP contribution in [0.5, 0.6) is 0 Å². The lowest BCUT2D eigenvalue weighted by atomic mass is 9.44. The van der Waals surface area contributed by atoms with E-state index < -0.39 is 0 Å². The Morgan fingerprint density at radius 1 is 1.25 bits per heavy atom. The van der Waals surface area contributed by atoms with Crippen molar-refractivity contribution >= 4 is 15.9 Å². The Morgan fingerprint density at radius 3 is 2.25 bits per heavy atom. The Kier molecular flexibility index (Phi) is 1.21. The van der Waals surface area contributed by atoms with Gasteiger partial charge < -0.3 is 0 Å². The molecule has 0 radical (unpaired) electrons. The molecule has 1 aromatic rings. The zero-order valence-electron chi connectivity index (χ0n) is 6.63. The van der Waals surface area contributed by atoms with E-state index in [-0.39, 0.29) is 0 Å². The van der Waals surface area contributed by atoms with E-state index in [4.69, 9.17) is 0 Å². The fourth-order valence-electron chi connectivity index (χ4n) is 2.34.